The molecular formula is C22H30N4O4S. The van der Waals surface area contributed by atoms with Gasteiger partial charge in [-0.25, -0.2) is 0 Å². The van der Waals surface area contributed by atoms with E-state index in [1.807, 2.05) is 25.1 Å². The fourth-order valence-electron chi connectivity index (χ4n) is 3.68. The Morgan fingerprint density at radius 2 is 2.00 bits per heavy atom. The second-order valence-corrected chi connectivity index (χ2v) is 9.19. The van der Waals surface area contributed by atoms with Crippen LogP contribution < -0.4 is 14.4 Å². The number of rotatable bonds is 9. The molecule has 1 atom stereocenters. The average molecular weight is 447 g/mol. The van der Waals surface area contributed by atoms with Crippen molar-refractivity contribution in [3.05, 3.63) is 54.4 Å². The van der Waals surface area contributed by atoms with Crippen molar-refractivity contribution in [3.63, 3.8) is 0 Å². The van der Waals surface area contributed by atoms with Crippen molar-refractivity contribution in [2.45, 2.75) is 33.2 Å². The minimum atomic E-state index is -3.75. The molecule has 1 aromatic heterocycles. The molecule has 3 rings (SSSR count). The van der Waals surface area contributed by atoms with Gasteiger partial charge in [-0.1, -0.05) is 6.07 Å². The predicted molar refractivity (Wildman–Crippen MR) is 120 cm³/mol. The lowest BCUT2D eigenvalue weighted by Gasteiger charge is -2.35. The second kappa shape index (κ2) is 10.6. The quantitative estimate of drug-likeness (QED) is 0.639. The lowest BCUT2D eigenvalue weighted by atomic mass is 9.99. The summed E-state index contributed by atoms with van der Waals surface area (Å²) in [4.78, 5) is 16.9. The van der Waals surface area contributed by atoms with Gasteiger partial charge in [0.15, 0.2) is 0 Å². The zero-order valence-electron chi connectivity index (χ0n) is 18.0. The molecule has 0 spiro atoms. The van der Waals surface area contributed by atoms with Gasteiger partial charge >= 0.3 is 10.2 Å². The van der Waals surface area contributed by atoms with E-state index in [2.05, 4.69) is 10.3 Å². The van der Waals surface area contributed by atoms with Crippen LogP contribution in [-0.4, -0.2) is 49.9 Å². The molecule has 1 N–H and O–H groups in total. The molecule has 1 fully saturated rings. The first kappa shape index (κ1) is 23.0. The third-order valence-electron chi connectivity index (χ3n) is 5.25. The molecule has 1 amide bonds. The normalized spacial score (nSPS) is 17.2. The molecule has 31 heavy (non-hydrogen) atoms. The van der Waals surface area contributed by atoms with Gasteiger partial charge in [0.25, 0.3) is 0 Å². The third kappa shape index (κ3) is 5.74. The van der Waals surface area contributed by atoms with Crippen molar-refractivity contribution in [3.8, 4) is 5.75 Å². The number of carbonyl (C=O) groups is 1. The highest BCUT2D eigenvalue weighted by Crippen LogP contribution is 2.27. The van der Waals surface area contributed by atoms with Crippen LogP contribution in [0.2, 0.25) is 0 Å². The first-order chi connectivity index (χ1) is 15.0. The lowest BCUT2D eigenvalue weighted by molar-refractivity contribution is -0.126. The van der Waals surface area contributed by atoms with Gasteiger partial charge in [0, 0.05) is 25.8 Å². The number of nitrogens with zero attached hydrogens (tertiary/aromatic N) is 3. The van der Waals surface area contributed by atoms with Gasteiger partial charge < -0.3 is 10.1 Å². The molecule has 2 aromatic rings. The Labute approximate surface area is 184 Å². The van der Waals surface area contributed by atoms with Crippen molar-refractivity contribution in [2.24, 2.45) is 5.92 Å². The van der Waals surface area contributed by atoms with E-state index in [0.29, 0.717) is 50.5 Å². The zero-order chi connectivity index (χ0) is 22.3. The summed E-state index contributed by atoms with van der Waals surface area (Å²) in [5.74, 6) is 0.170. The van der Waals surface area contributed by atoms with Crippen molar-refractivity contribution in [1.82, 2.24) is 14.6 Å². The maximum atomic E-state index is 13.4. The Hall–Kier alpha value is -2.65. The second-order valence-electron chi connectivity index (χ2n) is 7.34. The highest BCUT2D eigenvalue weighted by Gasteiger charge is 2.35. The Morgan fingerprint density at radius 3 is 2.65 bits per heavy atom. The van der Waals surface area contributed by atoms with E-state index >= 15 is 0 Å². The van der Waals surface area contributed by atoms with Crippen molar-refractivity contribution < 1.29 is 17.9 Å². The Kier molecular flexibility index (Phi) is 7.86. The van der Waals surface area contributed by atoms with Crippen LogP contribution >= 0.6 is 0 Å². The topological polar surface area (TPSA) is 91.8 Å². The van der Waals surface area contributed by atoms with Crippen molar-refractivity contribution in [2.75, 3.05) is 30.5 Å². The van der Waals surface area contributed by atoms with Crippen LogP contribution in [-0.2, 0) is 21.5 Å². The molecule has 1 saturated heterocycles. The van der Waals surface area contributed by atoms with E-state index in [1.54, 1.807) is 37.4 Å². The lowest BCUT2D eigenvalue weighted by Crippen LogP contribution is -2.50. The molecule has 1 aliphatic heterocycles. The number of benzene rings is 1. The highest BCUT2D eigenvalue weighted by atomic mass is 32.2. The van der Waals surface area contributed by atoms with Gasteiger partial charge in [0.2, 0.25) is 5.91 Å². The minimum absolute atomic E-state index is 0.144. The number of hydrogen-bond acceptors (Lipinski definition) is 5. The van der Waals surface area contributed by atoms with Crippen LogP contribution in [0.1, 0.15) is 32.4 Å². The van der Waals surface area contributed by atoms with Gasteiger partial charge in [0.05, 0.1) is 30.5 Å². The van der Waals surface area contributed by atoms with Crippen molar-refractivity contribution in [1.29, 1.82) is 0 Å². The fourth-order valence-corrected chi connectivity index (χ4v) is 5.41. The molecule has 0 saturated carbocycles. The maximum Gasteiger partial charge on any atom is 0.304 e. The van der Waals surface area contributed by atoms with E-state index in [0.717, 1.165) is 5.69 Å². The van der Waals surface area contributed by atoms with E-state index in [9.17, 15) is 13.2 Å². The molecule has 1 unspecified atom stereocenters. The first-order valence-electron chi connectivity index (χ1n) is 10.6. The zero-order valence-corrected chi connectivity index (χ0v) is 18.8. The molecular weight excluding hydrogens is 416 g/mol. The number of anilines is 1. The number of ether oxygens (including phenoxy) is 1. The number of carbonyl (C=O) groups excluding carboxylic acids is 1. The largest absolute Gasteiger partial charge is 0.494 e. The van der Waals surface area contributed by atoms with Crippen molar-refractivity contribution >= 4 is 21.8 Å². The van der Waals surface area contributed by atoms with Crippen LogP contribution in [0.15, 0.2) is 48.7 Å². The summed E-state index contributed by atoms with van der Waals surface area (Å²) in [6, 6.07) is 12.5. The SMILES string of the molecule is CCOc1ccc(N(CC)S(=O)(=O)N2CCCC(C(=O)NCc3ccccn3)C2)cc1. The number of pyridine rings is 1. The summed E-state index contributed by atoms with van der Waals surface area (Å²) in [5.41, 5.74) is 1.34. The van der Waals surface area contributed by atoms with Gasteiger partial charge in [-0.15, -0.1) is 0 Å². The average Bonchev–Trinajstić information content (AvgIpc) is 2.80. The molecule has 0 radical (unpaired) electrons. The van der Waals surface area contributed by atoms with Gasteiger partial charge in [-0.2, -0.15) is 12.7 Å². The molecule has 8 nitrogen and oxygen atoms in total. The maximum absolute atomic E-state index is 13.4. The highest BCUT2D eigenvalue weighted by molar-refractivity contribution is 7.90. The summed E-state index contributed by atoms with van der Waals surface area (Å²) in [7, 11) is -3.75. The number of piperidine rings is 1. The third-order valence-corrected chi connectivity index (χ3v) is 7.26. The summed E-state index contributed by atoms with van der Waals surface area (Å²) < 4.78 is 34.9. The van der Waals surface area contributed by atoms with Crippen LogP contribution in [0, 0.1) is 5.92 Å². The fraction of sp³-hybridized carbons (Fsp3) is 0.455. The van der Waals surface area contributed by atoms with Gasteiger partial charge in [-0.05, 0) is 63.1 Å². The standard InChI is InChI=1S/C22H30N4O4S/c1-3-26(20-10-12-21(13-11-20)30-4-2)31(28,29)25-15-7-8-18(17-25)22(27)24-16-19-9-5-6-14-23-19/h5-6,9-14,18H,3-4,7-8,15-17H2,1-2H3,(H,24,27). The Morgan fingerprint density at radius 1 is 1.23 bits per heavy atom. The van der Waals surface area contributed by atoms with Crippen LogP contribution in [0.5, 0.6) is 5.75 Å². The summed E-state index contributed by atoms with van der Waals surface area (Å²) in [5, 5.41) is 2.88. The predicted octanol–water partition coefficient (Wildman–Crippen LogP) is 2.58. The molecule has 1 aromatic carbocycles. The summed E-state index contributed by atoms with van der Waals surface area (Å²) >= 11 is 0. The molecule has 168 valence electrons. The number of hydrogen-bond donors (Lipinski definition) is 1. The minimum Gasteiger partial charge on any atom is -0.494 e. The summed E-state index contributed by atoms with van der Waals surface area (Å²) in [6.07, 6.45) is 2.98. The first-order valence-corrected chi connectivity index (χ1v) is 12.0. The molecule has 0 aliphatic carbocycles. The van der Waals surface area contributed by atoms with E-state index in [1.165, 1.54) is 8.61 Å². The van der Waals surface area contributed by atoms with E-state index in [-0.39, 0.29) is 18.4 Å². The van der Waals surface area contributed by atoms with Gasteiger partial charge in [-0.3, -0.25) is 14.1 Å². The van der Waals surface area contributed by atoms with E-state index < -0.39 is 10.2 Å². The van der Waals surface area contributed by atoms with E-state index in [4.69, 9.17) is 4.74 Å². The van der Waals surface area contributed by atoms with Crippen LogP contribution in [0.4, 0.5) is 5.69 Å². The number of aromatic nitrogens is 1. The summed E-state index contributed by atoms with van der Waals surface area (Å²) in [6.45, 7) is 5.45. The van der Waals surface area contributed by atoms with Crippen LogP contribution in [0.3, 0.4) is 0 Å². The van der Waals surface area contributed by atoms with Crippen LogP contribution in [0.25, 0.3) is 0 Å². The molecule has 0 bridgehead atoms. The molecule has 9 heteroatoms. The molecule has 2 heterocycles. The number of nitrogens with one attached hydrogen (secondary N) is 1. The van der Waals surface area contributed by atoms with Gasteiger partial charge in [0.1, 0.15) is 5.75 Å². The Bertz CT molecular complexity index is 951. The Balaban J connectivity index is 1.67. The number of amides is 1. The molecule has 1 aliphatic rings. The monoisotopic (exact) mass is 446 g/mol. The smallest absolute Gasteiger partial charge is 0.304 e.